The first-order valence-electron chi connectivity index (χ1n) is 13.9. The van der Waals surface area contributed by atoms with Crippen LogP contribution in [-0.2, 0) is 33.3 Å². The Morgan fingerprint density at radius 3 is 1.89 bits per heavy atom. The van der Waals surface area contributed by atoms with E-state index in [-0.39, 0.29) is 23.1 Å². The Morgan fingerprint density at radius 1 is 0.773 bits per heavy atom. The second kappa shape index (κ2) is 14.2. The van der Waals surface area contributed by atoms with E-state index in [4.69, 9.17) is 46.4 Å². The van der Waals surface area contributed by atoms with Gasteiger partial charge in [-0.1, -0.05) is 72.7 Å². The van der Waals surface area contributed by atoms with Crippen LogP contribution in [0, 0.1) is 0 Å². The van der Waals surface area contributed by atoms with E-state index in [0.29, 0.717) is 51.5 Å². The molecule has 1 aliphatic heterocycles. The second-order valence-electron chi connectivity index (χ2n) is 10.2. The number of aryl methyl sites for hydroxylation is 2. The van der Waals surface area contributed by atoms with E-state index in [1.54, 1.807) is 52.0 Å². The number of hydrogen-bond acceptors (Lipinski definition) is 8. The van der Waals surface area contributed by atoms with Crippen LogP contribution < -0.4 is 14.4 Å². The maximum atomic E-state index is 11.6. The second-order valence-corrected chi connectivity index (χ2v) is 14.9. The van der Waals surface area contributed by atoms with E-state index in [2.05, 4.69) is 0 Å². The van der Waals surface area contributed by atoms with E-state index in [1.165, 1.54) is 0 Å². The number of anilines is 2. The first-order chi connectivity index (χ1) is 20.6. The van der Waals surface area contributed by atoms with Crippen LogP contribution in [0.1, 0.15) is 38.9 Å². The highest BCUT2D eigenvalue weighted by molar-refractivity contribution is 7.85. The molecule has 3 aromatic rings. The number of benzene rings is 2. The molecule has 0 spiro atoms. The Balaban J connectivity index is 1.88. The fourth-order valence-electron chi connectivity index (χ4n) is 5.17. The number of allylic oxidation sites excluding steroid dienone is 2. The first-order valence-corrected chi connectivity index (χ1v) is 18.5. The number of imidazole rings is 1. The lowest BCUT2D eigenvalue weighted by Gasteiger charge is -2.25. The third kappa shape index (κ3) is 8.03. The van der Waals surface area contributed by atoms with Gasteiger partial charge in [-0.15, -0.1) is 0 Å². The molecule has 16 heteroatoms. The van der Waals surface area contributed by atoms with Crippen LogP contribution in [0.3, 0.4) is 0 Å². The van der Waals surface area contributed by atoms with Gasteiger partial charge in [0.25, 0.3) is 5.82 Å². The van der Waals surface area contributed by atoms with E-state index in [9.17, 15) is 25.9 Å². The van der Waals surface area contributed by atoms with Crippen molar-refractivity contribution in [3.05, 3.63) is 68.2 Å². The van der Waals surface area contributed by atoms with Crippen LogP contribution in [0.15, 0.2) is 42.2 Å². The molecule has 0 saturated carbocycles. The van der Waals surface area contributed by atoms with Crippen LogP contribution in [0.5, 0.6) is 0 Å². The average molecular weight is 726 g/mol. The summed E-state index contributed by atoms with van der Waals surface area (Å²) in [4.78, 5) is 3.70. The molecule has 0 saturated heterocycles. The SMILES string of the molecule is CCCCN1C(=CC=Cc2n(CCS(=O)(=O)[O-])c3cc(Cl)c(Cl)cc3[n+]2CCC)N(CCS(=O)(=O)[O-])c2cc(Cl)c(Cl)cc21. The summed E-state index contributed by atoms with van der Waals surface area (Å²) in [6.45, 7) is 4.93. The maximum Gasteiger partial charge on any atom is 0.282 e. The van der Waals surface area contributed by atoms with Gasteiger partial charge in [-0.25, -0.2) is 26.0 Å². The number of hydrogen-bond donors (Lipinski definition) is 0. The zero-order chi connectivity index (χ0) is 32.4. The molecule has 2 aromatic carbocycles. The van der Waals surface area contributed by atoms with E-state index < -0.39 is 31.7 Å². The number of nitrogens with zero attached hydrogens (tertiary/aromatic N) is 4. The van der Waals surface area contributed by atoms with Crippen molar-refractivity contribution in [3.63, 3.8) is 0 Å². The van der Waals surface area contributed by atoms with Gasteiger partial charge in [0.2, 0.25) is 0 Å². The number of unbranched alkanes of at least 4 members (excludes halogenated alkanes) is 1. The zero-order valence-corrected chi connectivity index (χ0v) is 28.6. The normalized spacial score (nSPS) is 15.0. The fraction of sp³-hybridized carbons (Fsp3) is 0.393. The van der Waals surface area contributed by atoms with Gasteiger partial charge in [-0.3, -0.25) is 0 Å². The smallest absolute Gasteiger partial charge is 0.282 e. The Kier molecular flexibility index (Phi) is 11.2. The van der Waals surface area contributed by atoms with Crippen LogP contribution in [-0.4, -0.2) is 55.1 Å². The van der Waals surface area contributed by atoms with Gasteiger partial charge in [0.1, 0.15) is 12.4 Å². The summed E-state index contributed by atoms with van der Waals surface area (Å²) in [6, 6.07) is 6.69. The van der Waals surface area contributed by atoms with Gasteiger partial charge in [0.05, 0.1) is 69.8 Å². The Morgan fingerprint density at radius 2 is 1.32 bits per heavy atom. The van der Waals surface area contributed by atoms with Crippen molar-refractivity contribution in [2.24, 2.45) is 0 Å². The van der Waals surface area contributed by atoms with Gasteiger partial charge in [0.15, 0.2) is 11.0 Å². The van der Waals surface area contributed by atoms with Gasteiger partial charge in [0, 0.05) is 31.3 Å². The summed E-state index contributed by atoms with van der Waals surface area (Å²) >= 11 is 25.4. The summed E-state index contributed by atoms with van der Waals surface area (Å²) in [5, 5.41) is 1.21. The molecule has 1 aromatic heterocycles. The van der Waals surface area contributed by atoms with Crippen LogP contribution >= 0.6 is 46.4 Å². The number of rotatable bonds is 13. The molecule has 44 heavy (non-hydrogen) atoms. The minimum atomic E-state index is -4.53. The average Bonchev–Trinajstić information content (AvgIpc) is 3.35. The predicted octanol–water partition coefficient (Wildman–Crippen LogP) is 6.02. The summed E-state index contributed by atoms with van der Waals surface area (Å²) in [7, 11) is -9.06. The standard InChI is InChI=1S/C28H32Cl4N4O6S2/c1-3-5-10-34-24-16-20(30)22(32)18-26(24)36(12-14-44(40,41)42)28(34)8-6-7-27-33(9-4-2)23-15-19(29)21(31)17-25(23)35(27)11-13-43(37,38)39/h6-8,15-18H,3-5,9-14H2,1-2H3,(H-,37,38,39,40,41,42)/p-1. The monoisotopic (exact) mass is 723 g/mol. The summed E-state index contributed by atoms with van der Waals surface area (Å²) in [6.07, 6.45) is 7.72. The molecule has 0 N–H and O–H groups in total. The highest BCUT2D eigenvalue weighted by Crippen LogP contribution is 2.45. The fourth-order valence-corrected chi connectivity index (χ4v) is 6.61. The summed E-state index contributed by atoms with van der Waals surface area (Å²) in [5.74, 6) is -0.0733. The van der Waals surface area contributed by atoms with Crippen molar-refractivity contribution in [1.29, 1.82) is 0 Å². The lowest BCUT2D eigenvalue weighted by molar-refractivity contribution is -0.674. The van der Waals surface area contributed by atoms with Gasteiger partial charge < -0.3 is 18.9 Å². The zero-order valence-electron chi connectivity index (χ0n) is 24.0. The lowest BCUT2D eigenvalue weighted by Crippen LogP contribution is -2.36. The third-order valence-electron chi connectivity index (χ3n) is 7.11. The number of fused-ring (bicyclic) bond motifs is 2. The molecule has 240 valence electrons. The minimum absolute atomic E-state index is 0.118. The van der Waals surface area contributed by atoms with E-state index >= 15 is 0 Å². The van der Waals surface area contributed by atoms with Crippen LogP contribution in [0.25, 0.3) is 17.1 Å². The quantitative estimate of drug-likeness (QED) is 0.155. The molecule has 4 rings (SSSR count). The Hall–Kier alpha value is -2.03. The number of halogens is 4. The molecule has 0 atom stereocenters. The van der Waals surface area contributed by atoms with E-state index in [1.807, 2.05) is 23.3 Å². The molecule has 0 fully saturated rings. The van der Waals surface area contributed by atoms with Crippen molar-refractivity contribution >= 4 is 95.1 Å². The molecule has 0 unspecified atom stereocenters. The first kappa shape index (κ1) is 34.8. The van der Waals surface area contributed by atoms with Crippen molar-refractivity contribution in [1.82, 2.24) is 4.57 Å². The van der Waals surface area contributed by atoms with Crippen molar-refractivity contribution < 1.29 is 30.5 Å². The Bertz CT molecular complexity index is 1840. The molecule has 0 aliphatic carbocycles. The van der Waals surface area contributed by atoms with Crippen LogP contribution in [0.2, 0.25) is 20.1 Å². The Labute approximate surface area is 277 Å². The summed E-state index contributed by atoms with van der Waals surface area (Å²) < 4.78 is 73.3. The molecule has 0 radical (unpaired) electrons. The van der Waals surface area contributed by atoms with Gasteiger partial charge in [-0.05, 0) is 31.1 Å². The van der Waals surface area contributed by atoms with Crippen molar-refractivity contribution in [2.45, 2.75) is 46.2 Å². The largest absolute Gasteiger partial charge is 0.748 e. The van der Waals surface area contributed by atoms with Gasteiger partial charge >= 0.3 is 0 Å². The minimum Gasteiger partial charge on any atom is -0.748 e. The molecular weight excluding hydrogens is 694 g/mol. The highest BCUT2D eigenvalue weighted by atomic mass is 35.5. The van der Waals surface area contributed by atoms with Crippen molar-refractivity contribution in [3.8, 4) is 0 Å². The molecule has 0 bridgehead atoms. The number of aromatic nitrogens is 2. The van der Waals surface area contributed by atoms with Gasteiger partial charge in [-0.2, -0.15) is 0 Å². The van der Waals surface area contributed by atoms with E-state index in [0.717, 1.165) is 24.9 Å². The highest BCUT2D eigenvalue weighted by Gasteiger charge is 2.32. The maximum absolute atomic E-state index is 11.6. The van der Waals surface area contributed by atoms with Crippen molar-refractivity contribution in [2.75, 3.05) is 34.4 Å². The topological polar surface area (TPSA) is 130 Å². The molecule has 0 amide bonds. The molecule has 10 nitrogen and oxygen atoms in total. The predicted molar refractivity (Wildman–Crippen MR) is 175 cm³/mol. The third-order valence-corrected chi connectivity index (χ3v) is 9.92. The molecule has 2 heterocycles. The van der Waals surface area contributed by atoms with Crippen LogP contribution in [0.4, 0.5) is 11.4 Å². The summed E-state index contributed by atoms with van der Waals surface area (Å²) in [5.41, 5.74) is 2.64. The molecule has 1 aliphatic rings. The lowest BCUT2D eigenvalue weighted by atomic mass is 10.2. The molecular formula is C28H31Cl4N4O6S2-.